The summed E-state index contributed by atoms with van der Waals surface area (Å²) < 4.78 is 10.5. The molecule has 0 aliphatic heterocycles. The summed E-state index contributed by atoms with van der Waals surface area (Å²) in [6, 6.07) is 7.76. The molecule has 0 unspecified atom stereocenters. The van der Waals surface area contributed by atoms with Crippen LogP contribution in [0.1, 0.15) is 11.1 Å². The second-order valence-electron chi connectivity index (χ2n) is 4.60. The molecule has 112 valence electrons. The van der Waals surface area contributed by atoms with Crippen LogP contribution in [0.5, 0.6) is 11.5 Å². The molecular weight excluding hydrogens is 286 g/mol. The molecule has 5 heteroatoms. The first kappa shape index (κ1) is 15.4. The van der Waals surface area contributed by atoms with Crippen LogP contribution < -0.4 is 14.8 Å². The lowest BCUT2D eigenvalue weighted by Gasteiger charge is -2.10. The number of carbonyl (C=O) groups excluding carboxylic acids is 1. The number of amides is 1. The number of nitrogens with one attached hydrogen (secondary N) is 1. The van der Waals surface area contributed by atoms with Crippen LogP contribution in [0.4, 0.5) is 0 Å². The average molecular weight is 305 g/mol. The van der Waals surface area contributed by atoms with Crippen molar-refractivity contribution < 1.29 is 14.3 Å². The summed E-state index contributed by atoms with van der Waals surface area (Å²) in [6.45, 7) is 0.610. The van der Waals surface area contributed by atoms with Gasteiger partial charge in [0.2, 0.25) is 5.91 Å². The molecule has 0 fully saturated rings. The van der Waals surface area contributed by atoms with E-state index in [0.29, 0.717) is 24.5 Å². The van der Waals surface area contributed by atoms with Gasteiger partial charge < -0.3 is 14.8 Å². The smallest absolute Gasteiger partial charge is 0.224 e. The molecule has 0 saturated heterocycles. The molecule has 0 aliphatic carbocycles. The Hall–Kier alpha value is -2.01. The minimum absolute atomic E-state index is 0.0499. The number of benzene rings is 1. The number of methoxy groups -OCH3 is 2. The van der Waals surface area contributed by atoms with E-state index in [4.69, 9.17) is 9.47 Å². The summed E-state index contributed by atoms with van der Waals surface area (Å²) >= 11 is 1.60. The molecule has 2 rings (SSSR count). The summed E-state index contributed by atoms with van der Waals surface area (Å²) in [6.07, 6.45) is 1.20. The molecule has 0 spiro atoms. The van der Waals surface area contributed by atoms with Crippen LogP contribution in [-0.2, 0) is 17.6 Å². The highest BCUT2D eigenvalue weighted by Gasteiger charge is 2.06. The molecule has 1 aromatic heterocycles. The molecule has 0 bridgehead atoms. The summed E-state index contributed by atoms with van der Waals surface area (Å²) in [5.41, 5.74) is 2.16. The third kappa shape index (κ3) is 4.49. The van der Waals surface area contributed by atoms with Gasteiger partial charge in [-0.3, -0.25) is 4.79 Å². The van der Waals surface area contributed by atoms with Crippen molar-refractivity contribution in [2.75, 3.05) is 20.8 Å². The lowest BCUT2D eigenvalue weighted by molar-refractivity contribution is -0.120. The van der Waals surface area contributed by atoms with Crippen molar-refractivity contribution >= 4 is 17.2 Å². The zero-order chi connectivity index (χ0) is 15.1. The van der Waals surface area contributed by atoms with E-state index in [1.807, 2.05) is 35.0 Å². The predicted molar refractivity (Wildman–Crippen MR) is 84.3 cm³/mol. The van der Waals surface area contributed by atoms with Gasteiger partial charge in [0.15, 0.2) is 11.5 Å². The van der Waals surface area contributed by atoms with Crippen molar-refractivity contribution in [2.45, 2.75) is 12.8 Å². The quantitative estimate of drug-likeness (QED) is 0.855. The van der Waals surface area contributed by atoms with E-state index in [1.165, 1.54) is 0 Å². The van der Waals surface area contributed by atoms with Gasteiger partial charge in [0.1, 0.15) is 0 Å². The van der Waals surface area contributed by atoms with Crippen LogP contribution in [0.25, 0.3) is 0 Å². The van der Waals surface area contributed by atoms with Gasteiger partial charge in [0, 0.05) is 6.54 Å². The van der Waals surface area contributed by atoms with Crippen molar-refractivity contribution in [3.05, 3.63) is 46.2 Å². The van der Waals surface area contributed by atoms with Crippen molar-refractivity contribution in [1.29, 1.82) is 0 Å². The molecule has 4 nitrogen and oxygen atoms in total. The Morgan fingerprint density at radius 2 is 1.95 bits per heavy atom. The lowest BCUT2D eigenvalue weighted by Crippen LogP contribution is -2.27. The van der Waals surface area contributed by atoms with E-state index >= 15 is 0 Å². The zero-order valence-electron chi connectivity index (χ0n) is 12.2. The van der Waals surface area contributed by atoms with Crippen LogP contribution in [0.3, 0.4) is 0 Å². The average Bonchev–Trinajstić information content (AvgIpc) is 2.99. The normalized spacial score (nSPS) is 10.2. The highest BCUT2D eigenvalue weighted by atomic mass is 32.1. The van der Waals surface area contributed by atoms with Crippen molar-refractivity contribution in [1.82, 2.24) is 5.32 Å². The minimum atomic E-state index is 0.0499. The Balaban J connectivity index is 1.81. The molecule has 0 radical (unpaired) electrons. The minimum Gasteiger partial charge on any atom is -0.493 e. The maximum absolute atomic E-state index is 11.8. The number of rotatable bonds is 7. The Morgan fingerprint density at radius 3 is 2.62 bits per heavy atom. The molecule has 0 aliphatic rings. The molecular formula is C16H19NO3S. The Kier molecular flexibility index (Phi) is 5.63. The van der Waals surface area contributed by atoms with Gasteiger partial charge in [-0.1, -0.05) is 6.07 Å². The lowest BCUT2D eigenvalue weighted by atomic mass is 10.1. The third-order valence-electron chi connectivity index (χ3n) is 3.13. The van der Waals surface area contributed by atoms with Gasteiger partial charge >= 0.3 is 0 Å². The van der Waals surface area contributed by atoms with E-state index in [0.717, 1.165) is 17.5 Å². The summed E-state index contributed by atoms with van der Waals surface area (Å²) in [4.78, 5) is 11.8. The Morgan fingerprint density at radius 1 is 1.14 bits per heavy atom. The SMILES string of the molecule is COc1ccc(CCNC(=O)Cc2ccsc2)cc1OC. The molecule has 2 aromatic rings. The monoisotopic (exact) mass is 305 g/mol. The fourth-order valence-electron chi connectivity index (χ4n) is 2.02. The number of carbonyl (C=O) groups is 1. The second-order valence-corrected chi connectivity index (χ2v) is 5.38. The van der Waals surface area contributed by atoms with Gasteiger partial charge in [-0.15, -0.1) is 0 Å². The highest BCUT2D eigenvalue weighted by molar-refractivity contribution is 7.07. The first-order chi connectivity index (χ1) is 10.2. The summed E-state index contributed by atoms with van der Waals surface area (Å²) in [5.74, 6) is 1.47. The number of ether oxygens (including phenoxy) is 2. The van der Waals surface area contributed by atoms with E-state index in [1.54, 1.807) is 25.6 Å². The Bertz CT molecular complexity index is 581. The first-order valence-electron chi connectivity index (χ1n) is 6.71. The topological polar surface area (TPSA) is 47.6 Å². The van der Waals surface area contributed by atoms with Gasteiger partial charge in [-0.25, -0.2) is 0 Å². The summed E-state index contributed by atoms with van der Waals surface area (Å²) in [5, 5.41) is 6.90. The zero-order valence-corrected chi connectivity index (χ0v) is 13.0. The van der Waals surface area contributed by atoms with Crippen LogP contribution in [0.2, 0.25) is 0 Å². The van der Waals surface area contributed by atoms with E-state index < -0.39 is 0 Å². The standard InChI is InChI=1S/C16H19NO3S/c1-19-14-4-3-12(9-15(14)20-2)5-7-17-16(18)10-13-6-8-21-11-13/h3-4,6,8-9,11H,5,7,10H2,1-2H3,(H,17,18). The maximum atomic E-state index is 11.8. The molecule has 1 heterocycles. The molecule has 1 amide bonds. The third-order valence-corrected chi connectivity index (χ3v) is 3.86. The number of thiophene rings is 1. The van der Waals surface area contributed by atoms with E-state index in [-0.39, 0.29) is 5.91 Å². The van der Waals surface area contributed by atoms with Gasteiger partial charge in [-0.05, 0) is 46.5 Å². The fourth-order valence-corrected chi connectivity index (χ4v) is 2.69. The van der Waals surface area contributed by atoms with Crippen molar-refractivity contribution in [3.63, 3.8) is 0 Å². The van der Waals surface area contributed by atoms with Crippen molar-refractivity contribution in [3.8, 4) is 11.5 Å². The van der Waals surface area contributed by atoms with Crippen LogP contribution in [-0.4, -0.2) is 26.7 Å². The van der Waals surface area contributed by atoms with Crippen LogP contribution in [0.15, 0.2) is 35.0 Å². The first-order valence-corrected chi connectivity index (χ1v) is 7.66. The Labute approximate surface area is 128 Å². The predicted octanol–water partition coefficient (Wildman–Crippen LogP) is 2.67. The molecule has 0 atom stereocenters. The maximum Gasteiger partial charge on any atom is 0.224 e. The molecule has 1 aromatic carbocycles. The van der Waals surface area contributed by atoms with Crippen LogP contribution in [0, 0.1) is 0 Å². The summed E-state index contributed by atoms with van der Waals surface area (Å²) in [7, 11) is 3.23. The number of hydrogen-bond acceptors (Lipinski definition) is 4. The molecule has 0 saturated carbocycles. The number of hydrogen-bond donors (Lipinski definition) is 1. The van der Waals surface area contributed by atoms with Crippen molar-refractivity contribution in [2.24, 2.45) is 0 Å². The van der Waals surface area contributed by atoms with Gasteiger partial charge in [0.05, 0.1) is 20.6 Å². The largest absolute Gasteiger partial charge is 0.493 e. The second kappa shape index (κ2) is 7.69. The van der Waals surface area contributed by atoms with E-state index in [2.05, 4.69) is 5.32 Å². The molecule has 21 heavy (non-hydrogen) atoms. The van der Waals surface area contributed by atoms with E-state index in [9.17, 15) is 4.79 Å². The van der Waals surface area contributed by atoms with Crippen LogP contribution >= 0.6 is 11.3 Å². The molecule has 1 N–H and O–H groups in total. The fraction of sp³-hybridized carbons (Fsp3) is 0.312. The van der Waals surface area contributed by atoms with Gasteiger partial charge in [-0.2, -0.15) is 11.3 Å². The highest BCUT2D eigenvalue weighted by Crippen LogP contribution is 2.27. The van der Waals surface area contributed by atoms with Gasteiger partial charge in [0.25, 0.3) is 0 Å².